The number of esters is 1. The molecule has 4 heteroatoms. The maximum absolute atomic E-state index is 11.3. The van der Waals surface area contributed by atoms with Crippen LogP contribution in [0.25, 0.3) is 0 Å². The summed E-state index contributed by atoms with van der Waals surface area (Å²) in [5, 5.41) is 3.13. The first-order valence-electron chi connectivity index (χ1n) is 4.78. The van der Waals surface area contributed by atoms with Crippen LogP contribution >= 0.6 is 0 Å². The van der Waals surface area contributed by atoms with Crippen molar-refractivity contribution in [3.8, 4) is 0 Å². The van der Waals surface area contributed by atoms with Crippen molar-refractivity contribution in [2.45, 2.75) is 18.9 Å². The Balaban J connectivity index is 2.90. The third-order valence-corrected chi connectivity index (χ3v) is 2.59. The van der Waals surface area contributed by atoms with E-state index in [1.165, 1.54) is 7.11 Å². The summed E-state index contributed by atoms with van der Waals surface area (Å²) < 4.78 is 4.67. The molecule has 1 aromatic heterocycles. The van der Waals surface area contributed by atoms with Gasteiger partial charge in [0.15, 0.2) is 0 Å². The number of carbonyl (C=O) groups excluding carboxylic acids is 1. The largest absolute Gasteiger partial charge is 0.469 e. The summed E-state index contributed by atoms with van der Waals surface area (Å²) in [6.07, 6.45) is 3.72. The smallest absolute Gasteiger partial charge is 0.307 e. The zero-order valence-corrected chi connectivity index (χ0v) is 9.28. The summed E-state index contributed by atoms with van der Waals surface area (Å²) in [4.78, 5) is 15.2. The van der Waals surface area contributed by atoms with Crippen molar-refractivity contribution in [3.63, 3.8) is 0 Å². The minimum Gasteiger partial charge on any atom is -0.469 e. The van der Waals surface area contributed by atoms with Crippen molar-refractivity contribution in [1.29, 1.82) is 0 Å². The number of methoxy groups -OCH3 is 1. The highest BCUT2D eigenvalue weighted by Crippen LogP contribution is 2.23. The second-order valence-corrected chi connectivity index (χ2v) is 3.57. The number of aromatic nitrogens is 1. The monoisotopic (exact) mass is 208 g/mol. The molecule has 0 spiro atoms. The molecule has 0 aromatic carbocycles. The van der Waals surface area contributed by atoms with Gasteiger partial charge in [0.05, 0.1) is 19.1 Å². The van der Waals surface area contributed by atoms with Crippen molar-refractivity contribution in [1.82, 2.24) is 10.3 Å². The predicted molar refractivity (Wildman–Crippen MR) is 57.3 cm³/mol. The van der Waals surface area contributed by atoms with Gasteiger partial charge in [0, 0.05) is 12.4 Å². The Bertz CT molecular complexity index is 327. The Kier molecular flexibility index (Phi) is 3.80. The first-order valence-corrected chi connectivity index (χ1v) is 4.78. The Morgan fingerprint density at radius 2 is 2.13 bits per heavy atom. The fourth-order valence-electron chi connectivity index (χ4n) is 1.42. The topological polar surface area (TPSA) is 51.2 Å². The second kappa shape index (κ2) is 4.89. The van der Waals surface area contributed by atoms with E-state index >= 15 is 0 Å². The molecule has 0 aliphatic carbocycles. The zero-order chi connectivity index (χ0) is 11.3. The van der Waals surface area contributed by atoms with Crippen LogP contribution in [0.4, 0.5) is 0 Å². The standard InChI is InChI=1S/C11H16N2O2/c1-11(12-2,8-10(14)15-3)9-4-6-13-7-5-9/h4-7,12H,8H2,1-3H3. The van der Waals surface area contributed by atoms with Gasteiger partial charge in [-0.05, 0) is 31.7 Å². The molecule has 82 valence electrons. The Labute approximate surface area is 89.7 Å². The van der Waals surface area contributed by atoms with Crippen molar-refractivity contribution < 1.29 is 9.53 Å². The van der Waals surface area contributed by atoms with Crippen LogP contribution in [-0.2, 0) is 15.1 Å². The number of pyridine rings is 1. The maximum Gasteiger partial charge on any atom is 0.307 e. The molecular weight excluding hydrogens is 192 g/mol. The quantitative estimate of drug-likeness (QED) is 0.752. The van der Waals surface area contributed by atoms with Crippen LogP contribution in [0, 0.1) is 0 Å². The van der Waals surface area contributed by atoms with E-state index in [0.29, 0.717) is 6.42 Å². The van der Waals surface area contributed by atoms with E-state index in [1.807, 2.05) is 26.1 Å². The Morgan fingerprint density at radius 1 is 1.53 bits per heavy atom. The molecule has 0 aliphatic heterocycles. The Hall–Kier alpha value is -1.42. The third-order valence-electron chi connectivity index (χ3n) is 2.59. The molecule has 1 unspecified atom stereocenters. The molecule has 0 saturated heterocycles. The van der Waals surface area contributed by atoms with Gasteiger partial charge in [-0.15, -0.1) is 0 Å². The van der Waals surface area contributed by atoms with Crippen molar-refractivity contribution in [2.24, 2.45) is 0 Å². The van der Waals surface area contributed by atoms with E-state index in [0.717, 1.165) is 5.56 Å². The lowest BCUT2D eigenvalue weighted by Crippen LogP contribution is -2.39. The lowest BCUT2D eigenvalue weighted by atomic mass is 9.89. The first kappa shape index (κ1) is 11.7. The molecule has 1 N–H and O–H groups in total. The molecule has 0 bridgehead atoms. The molecule has 0 saturated carbocycles. The zero-order valence-electron chi connectivity index (χ0n) is 9.28. The molecule has 0 amide bonds. The number of rotatable bonds is 4. The number of ether oxygens (including phenoxy) is 1. The fourth-order valence-corrected chi connectivity index (χ4v) is 1.42. The first-order chi connectivity index (χ1) is 7.12. The molecule has 4 nitrogen and oxygen atoms in total. The van der Waals surface area contributed by atoms with E-state index in [-0.39, 0.29) is 5.97 Å². The molecule has 0 aliphatic rings. The van der Waals surface area contributed by atoms with Gasteiger partial charge in [0.2, 0.25) is 0 Å². The van der Waals surface area contributed by atoms with Crippen LogP contribution in [0.15, 0.2) is 24.5 Å². The van der Waals surface area contributed by atoms with E-state index in [9.17, 15) is 4.79 Å². The third kappa shape index (κ3) is 2.76. The van der Waals surface area contributed by atoms with Crippen LogP contribution in [0.5, 0.6) is 0 Å². The van der Waals surface area contributed by atoms with E-state index in [2.05, 4.69) is 15.0 Å². The van der Waals surface area contributed by atoms with E-state index in [1.54, 1.807) is 12.4 Å². The lowest BCUT2D eigenvalue weighted by molar-refractivity contribution is -0.142. The van der Waals surface area contributed by atoms with E-state index in [4.69, 9.17) is 0 Å². The van der Waals surface area contributed by atoms with Crippen LogP contribution in [0.1, 0.15) is 18.9 Å². The van der Waals surface area contributed by atoms with Gasteiger partial charge in [-0.3, -0.25) is 9.78 Å². The average molecular weight is 208 g/mol. The maximum atomic E-state index is 11.3. The number of nitrogens with zero attached hydrogens (tertiary/aromatic N) is 1. The molecule has 1 atom stereocenters. The summed E-state index contributed by atoms with van der Waals surface area (Å²) in [6, 6.07) is 3.78. The Morgan fingerprint density at radius 3 is 2.60 bits per heavy atom. The van der Waals surface area contributed by atoms with Crippen LogP contribution in [-0.4, -0.2) is 25.1 Å². The van der Waals surface area contributed by atoms with Gasteiger partial charge in [-0.2, -0.15) is 0 Å². The molecular formula is C11H16N2O2. The van der Waals surface area contributed by atoms with Crippen LogP contribution < -0.4 is 5.32 Å². The summed E-state index contributed by atoms with van der Waals surface area (Å²) in [5.74, 6) is -0.233. The molecule has 1 heterocycles. The number of hydrogen-bond acceptors (Lipinski definition) is 4. The molecule has 0 radical (unpaired) electrons. The SMILES string of the molecule is CNC(C)(CC(=O)OC)c1ccncc1. The van der Waals surface area contributed by atoms with Gasteiger partial charge < -0.3 is 10.1 Å². The predicted octanol–water partition coefficient (Wildman–Crippen LogP) is 1.08. The van der Waals surface area contributed by atoms with Crippen LogP contribution in [0.2, 0.25) is 0 Å². The normalized spacial score (nSPS) is 14.3. The fraction of sp³-hybridized carbons (Fsp3) is 0.455. The summed E-state index contributed by atoms with van der Waals surface area (Å²) in [7, 11) is 3.22. The average Bonchev–Trinajstić information content (AvgIpc) is 2.30. The van der Waals surface area contributed by atoms with Crippen molar-refractivity contribution in [2.75, 3.05) is 14.2 Å². The minimum atomic E-state index is -0.407. The highest BCUT2D eigenvalue weighted by atomic mass is 16.5. The highest BCUT2D eigenvalue weighted by Gasteiger charge is 2.27. The van der Waals surface area contributed by atoms with Crippen molar-refractivity contribution >= 4 is 5.97 Å². The van der Waals surface area contributed by atoms with Gasteiger partial charge in [-0.25, -0.2) is 0 Å². The molecule has 1 aromatic rings. The number of carbonyl (C=O) groups is 1. The highest BCUT2D eigenvalue weighted by molar-refractivity contribution is 5.71. The van der Waals surface area contributed by atoms with Gasteiger partial charge >= 0.3 is 5.97 Å². The second-order valence-electron chi connectivity index (χ2n) is 3.57. The lowest BCUT2D eigenvalue weighted by Gasteiger charge is -2.28. The van der Waals surface area contributed by atoms with Crippen molar-refractivity contribution in [3.05, 3.63) is 30.1 Å². The van der Waals surface area contributed by atoms with Gasteiger partial charge in [-0.1, -0.05) is 0 Å². The number of nitrogens with one attached hydrogen (secondary N) is 1. The van der Waals surface area contributed by atoms with Gasteiger partial charge in [0.25, 0.3) is 0 Å². The van der Waals surface area contributed by atoms with Crippen LogP contribution in [0.3, 0.4) is 0 Å². The van der Waals surface area contributed by atoms with E-state index < -0.39 is 5.54 Å². The molecule has 0 fully saturated rings. The number of hydrogen-bond donors (Lipinski definition) is 1. The molecule has 1 rings (SSSR count). The summed E-state index contributed by atoms with van der Waals surface area (Å²) >= 11 is 0. The molecule has 15 heavy (non-hydrogen) atoms. The summed E-state index contributed by atoms with van der Waals surface area (Å²) in [5.41, 5.74) is 0.612. The minimum absolute atomic E-state index is 0.233. The summed E-state index contributed by atoms with van der Waals surface area (Å²) in [6.45, 7) is 1.96. The van der Waals surface area contributed by atoms with Gasteiger partial charge in [0.1, 0.15) is 0 Å².